The Labute approximate surface area is 145 Å². The van der Waals surface area contributed by atoms with Crippen LogP contribution < -0.4 is 5.32 Å². The van der Waals surface area contributed by atoms with Crippen molar-refractivity contribution in [3.63, 3.8) is 0 Å². The molecule has 0 aliphatic carbocycles. The SMILES string of the molecule is CN=C(NCc1ccc(Br)s1)N1CCC(C)CC1.I. The Bertz CT molecular complexity index is 414. The lowest BCUT2D eigenvalue weighted by Crippen LogP contribution is -2.44. The third-order valence-electron chi connectivity index (χ3n) is 3.34. The van der Waals surface area contributed by atoms with E-state index in [1.165, 1.54) is 21.5 Å². The van der Waals surface area contributed by atoms with Gasteiger partial charge >= 0.3 is 0 Å². The van der Waals surface area contributed by atoms with Gasteiger partial charge in [0.25, 0.3) is 0 Å². The first-order chi connectivity index (χ1) is 8.69. The first-order valence-corrected chi connectivity index (χ1v) is 8.00. The maximum Gasteiger partial charge on any atom is 0.193 e. The number of hydrogen-bond donors (Lipinski definition) is 1. The van der Waals surface area contributed by atoms with Crippen molar-refractivity contribution < 1.29 is 0 Å². The molecule has 6 heteroatoms. The van der Waals surface area contributed by atoms with E-state index in [0.717, 1.165) is 31.5 Å². The van der Waals surface area contributed by atoms with Gasteiger partial charge in [-0.05, 0) is 46.8 Å². The molecule has 0 bridgehead atoms. The normalized spacial score (nSPS) is 17.2. The van der Waals surface area contributed by atoms with Gasteiger partial charge in [-0.15, -0.1) is 35.3 Å². The average molecular weight is 458 g/mol. The molecule has 1 N–H and O–H groups in total. The van der Waals surface area contributed by atoms with Crippen LogP contribution in [0.2, 0.25) is 0 Å². The van der Waals surface area contributed by atoms with Gasteiger partial charge in [0, 0.05) is 25.0 Å². The average Bonchev–Trinajstić information content (AvgIpc) is 2.78. The van der Waals surface area contributed by atoms with E-state index < -0.39 is 0 Å². The second-order valence-electron chi connectivity index (χ2n) is 4.78. The first kappa shape index (κ1) is 17.2. The molecule has 2 heterocycles. The van der Waals surface area contributed by atoms with Crippen LogP contribution in [0.4, 0.5) is 0 Å². The number of hydrogen-bond acceptors (Lipinski definition) is 2. The lowest BCUT2D eigenvalue weighted by molar-refractivity contribution is 0.273. The second kappa shape index (κ2) is 8.46. The molecule has 1 aliphatic heterocycles. The minimum Gasteiger partial charge on any atom is -0.351 e. The van der Waals surface area contributed by atoms with Crippen molar-refractivity contribution in [1.29, 1.82) is 0 Å². The van der Waals surface area contributed by atoms with Crippen LogP contribution in [0.15, 0.2) is 20.9 Å². The molecule has 2 rings (SSSR count). The zero-order chi connectivity index (χ0) is 13.0. The predicted molar refractivity (Wildman–Crippen MR) is 97.6 cm³/mol. The van der Waals surface area contributed by atoms with Gasteiger partial charge in [0.2, 0.25) is 0 Å². The molecule has 0 unspecified atom stereocenters. The smallest absolute Gasteiger partial charge is 0.193 e. The molecule has 0 atom stereocenters. The van der Waals surface area contributed by atoms with Crippen molar-refractivity contribution in [3.8, 4) is 0 Å². The molecule has 1 aromatic heterocycles. The molecule has 19 heavy (non-hydrogen) atoms. The molecular weight excluding hydrogens is 437 g/mol. The highest BCUT2D eigenvalue weighted by atomic mass is 127. The molecule has 0 aromatic carbocycles. The van der Waals surface area contributed by atoms with E-state index >= 15 is 0 Å². The van der Waals surface area contributed by atoms with Crippen molar-refractivity contribution in [2.45, 2.75) is 26.3 Å². The number of likely N-dealkylation sites (tertiary alicyclic amines) is 1. The van der Waals surface area contributed by atoms with Crippen LogP contribution in [0.1, 0.15) is 24.6 Å². The van der Waals surface area contributed by atoms with Gasteiger partial charge in [0.15, 0.2) is 5.96 Å². The Morgan fingerprint density at radius 2 is 2.16 bits per heavy atom. The Balaban J connectivity index is 0.00000180. The molecule has 1 saturated heterocycles. The van der Waals surface area contributed by atoms with E-state index in [9.17, 15) is 0 Å². The van der Waals surface area contributed by atoms with Gasteiger partial charge in [-0.25, -0.2) is 0 Å². The summed E-state index contributed by atoms with van der Waals surface area (Å²) in [6, 6.07) is 4.24. The molecule has 0 amide bonds. The molecule has 108 valence electrons. The van der Waals surface area contributed by atoms with Crippen LogP contribution in [0.5, 0.6) is 0 Å². The Kier molecular flexibility index (Phi) is 7.68. The summed E-state index contributed by atoms with van der Waals surface area (Å²) in [5.41, 5.74) is 0. The van der Waals surface area contributed by atoms with Crippen LogP contribution in [0.25, 0.3) is 0 Å². The van der Waals surface area contributed by atoms with Crippen molar-refractivity contribution in [2.75, 3.05) is 20.1 Å². The number of piperidine rings is 1. The highest BCUT2D eigenvalue weighted by Gasteiger charge is 2.18. The maximum absolute atomic E-state index is 4.38. The van der Waals surface area contributed by atoms with Crippen LogP contribution >= 0.6 is 51.2 Å². The molecule has 3 nitrogen and oxygen atoms in total. The number of nitrogens with one attached hydrogen (secondary N) is 1. The summed E-state index contributed by atoms with van der Waals surface area (Å²) in [5, 5.41) is 3.45. The van der Waals surface area contributed by atoms with Crippen LogP contribution in [0, 0.1) is 5.92 Å². The van der Waals surface area contributed by atoms with Crippen molar-refractivity contribution in [2.24, 2.45) is 10.9 Å². The third-order valence-corrected chi connectivity index (χ3v) is 4.97. The van der Waals surface area contributed by atoms with Gasteiger partial charge in [-0.3, -0.25) is 4.99 Å². The van der Waals surface area contributed by atoms with Crippen LogP contribution in [0.3, 0.4) is 0 Å². The van der Waals surface area contributed by atoms with Crippen LogP contribution in [-0.2, 0) is 6.54 Å². The minimum absolute atomic E-state index is 0. The third kappa shape index (κ3) is 5.23. The van der Waals surface area contributed by atoms with Gasteiger partial charge in [-0.2, -0.15) is 0 Å². The number of rotatable bonds is 2. The zero-order valence-corrected chi connectivity index (χ0v) is 16.1. The van der Waals surface area contributed by atoms with Gasteiger partial charge in [0.1, 0.15) is 0 Å². The predicted octanol–water partition coefficient (Wildman–Crippen LogP) is 3.94. The standard InChI is InChI=1S/C13H20BrN3S.HI/c1-10-5-7-17(8-6-10)13(15-2)16-9-11-3-4-12(14)18-11;/h3-4,10H,5-9H2,1-2H3,(H,15,16);1H. The van der Waals surface area contributed by atoms with Gasteiger partial charge in [0.05, 0.1) is 10.3 Å². The fourth-order valence-electron chi connectivity index (χ4n) is 2.17. The highest BCUT2D eigenvalue weighted by molar-refractivity contribution is 14.0. The van der Waals surface area contributed by atoms with E-state index in [2.05, 4.69) is 50.2 Å². The van der Waals surface area contributed by atoms with Crippen molar-refractivity contribution in [1.82, 2.24) is 10.2 Å². The number of nitrogens with zero attached hydrogens (tertiary/aromatic N) is 2. The monoisotopic (exact) mass is 457 g/mol. The largest absolute Gasteiger partial charge is 0.351 e. The van der Waals surface area contributed by atoms with E-state index in [1.807, 2.05) is 7.05 Å². The number of thiophene rings is 1. The first-order valence-electron chi connectivity index (χ1n) is 6.39. The topological polar surface area (TPSA) is 27.6 Å². The lowest BCUT2D eigenvalue weighted by atomic mass is 10.00. The molecule has 1 fully saturated rings. The quantitative estimate of drug-likeness (QED) is 0.413. The summed E-state index contributed by atoms with van der Waals surface area (Å²) in [7, 11) is 1.87. The summed E-state index contributed by atoms with van der Waals surface area (Å²) >= 11 is 5.26. The fraction of sp³-hybridized carbons (Fsp3) is 0.615. The summed E-state index contributed by atoms with van der Waals surface area (Å²) < 4.78 is 1.18. The van der Waals surface area contributed by atoms with Crippen LogP contribution in [-0.4, -0.2) is 31.0 Å². The molecule has 1 aliphatic rings. The number of aliphatic imine (C=N–C) groups is 1. The molecule has 0 spiro atoms. The fourth-order valence-corrected chi connectivity index (χ4v) is 3.59. The van der Waals surface area contributed by atoms with E-state index in [1.54, 1.807) is 11.3 Å². The molecular formula is C13H21BrIN3S. The second-order valence-corrected chi connectivity index (χ2v) is 7.32. The van der Waals surface area contributed by atoms with Gasteiger partial charge in [-0.1, -0.05) is 6.92 Å². The molecule has 0 radical (unpaired) electrons. The van der Waals surface area contributed by atoms with Crippen molar-refractivity contribution >= 4 is 57.2 Å². The van der Waals surface area contributed by atoms with Crippen molar-refractivity contribution in [3.05, 3.63) is 20.8 Å². The van der Waals surface area contributed by atoms with Gasteiger partial charge < -0.3 is 10.2 Å². The zero-order valence-electron chi connectivity index (χ0n) is 11.4. The number of guanidine groups is 1. The highest BCUT2D eigenvalue weighted by Crippen LogP contribution is 2.22. The Morgan fingerprint density at radius 3 is 2.68 bits per heavy atom. The van der Waals surface area contributed by atoms with E-state index in [4.69, 9.17) is 0 Å². The molecule has 1 aromatic rings. The van der Waals surface area contributed by atoms with E-state index in [0.29, 0.717) is 0 Å². The summed E-state index contributed by atoms with van der Waals surface area (Å²) in [4.78, 5) is 8.07. The molecule has 0 saturated carbocycles. The number of halogens is 2. The summed E-state index contributed by atoms with van der Waals surface area (Å²) in [6.45, 7) is 5.43. The maximum atomic E-state index is 4.38. The minimum atomic E-state index is 0. The summed E-state index contributed by atoms with van der Waals surface area (Å²) in [6.07, 6.45) is 2.54. The Hall–Kier alpha value is 0.180. The Morgan fingerprint density at radius 1 is 1.47 bits per heavy atom. The lowest BCUT2D eigenvalue weighted by Gasteiger charge is -2.32. The summed E-state index contributed by atoms with van der Waals surface area (Å²) in [5.74, 6) is 1.89. The van der Waals surface area contributed by atoms with E-state index in [-0.39, 0.29) is 24.0 Å².